The first-order chi connectivity index (χ1) is 7.27. The van der Waals surface area contributed by atoms with Gasteiger partial charge in [-0.3, -0.25) is 0 Å². The Labute approximate surface area is 88.1 Å². The summed E-state index contributed by atoms with van der Waals surface area (Å²) in [5.41, 5.74) is 0.337. The van der Waals surface area contributed by atoms with Crippen LogP contribution in [0.2, 0.25) is 0 Å². The van der Waals surface area contributed by atoms with E-state index in [9.17, 15) is 4.39 Å². The molecule has 0 aliphatic carbocycles. The third-order valence-electron chi connectivity index (χ3n) is 2.01. The molecular weight excluding hydrogens is 191 g/mol. The molecule has 0 aliphatic rings. The highest BCUT2D eigenvalue weighted by Gasteiger charge is 2.06. The Morgan fingerprint density at radius 3 is 2.40 bits per heavy atom. The van der Waals surface area contributed by atoms with E-state index in [1.165, 1.54) is 0 Å². The van der Waals surface area contributed by atoms with E-state index in [0.29, 0.717) is 11.3 Å². The molecule has 2 aromatic carbocycles. The lowest BCUT2D eigenvalue weighted by molar-refractivity contribution is 0.441. The zero-order valence-corrected chi connectivity index (χ0v) is 8.11. The number of hydrogen-bond donors (Lipinski definition) is 0. The number of benzene rings is 2. The number of halogens is 1. The average Bonchev–Trinajstić information content (AvgIpc) is 2.26. The molecule has 1 nitrogen and oxygen atoms in total. The van der Waals surface area contributed by atoms with Gasteiger partial charge in [0.2, 0.25) is 0 Å². The minimum absolute atomic E-state index is 0.202. The molecule has 75 valence electrons. The van der Waals surface area contributed by atoms with Gasteiger partial charge in [-0.25, -0.2) is 4.39 Å². The summed E-state index contributed by atoms with van der Waals surface area (Å²) < 4.78 is 18.9. The van der Waals surface area contributed by atoms with Crippen molar-refractivity contribution in [1.29, 1.82) is 0 Å². The van der Waals surface area contributed by atoms with Crippen molar-refractivity contribution in [2.24, 2.45) is 0 Å². The van der Waals surface area contributed by atoms with Gasteiger partial charge in [-0.1, -0.05) is 30.3 Å². The minimum Gasteiger partial charge on any atom is -0.454 e. The zero-order chi connectivity index (χ0) is 10.7. The van der Waals surface area contributed by atoms with E-state index in [4.69, 9.17) is 4.74 Å². The number of ether oxygens (including phenoxy) is 1. The van der Waals surface area contributed by atoms with Crippen LogP contribution in [0.15, 0.2) is 48.5 Å². The van der Waals surface area contributed by atoms with Crippen LogP contribution in [0.5, 0.6) is 11.5 Å². The first-order valence-corrected chi connectivity index (χ1v) is 4.61. The molecule has 2 rings (SSSR count). The summed E-state index contributed by atoms with van der Waals surface area (Å²) in [6.45, 7) is 3.57. The number of hydrogen-bond acceptors (Lipinski definition) is 1. The molecule has 0 spiro atoms. The molecule has 2 heteroatoms. The normalized spacial score (nSPS) is 10.0. The van der Waals surface area contributed by atoms with E-state index in [0.717, 1.165) is 0 Å². The molecule has 0 unspecified atom stereocenters. The van der Waals surface area contributed by atoms with Crippen molar-refractivity contribution in [2.75, 3.05) is 0 Å². The fourth-order valence-corrected chi connectivity index (χ4v) is 1.25. The Morgan fingerprint density at radius 1 is 0.933 bits per heavy atom. The molecule has 0 bridgehead atoms. The van der Waals surface area contributed by atoms with Crippen molar-refractivity contribution >= 4 is 0 Å². The average molecular weight is 201 g/mol. The Bertz CT molecular complexity index is 451. The molecule has 0 atom stereocenters. The van der Waals surface area contributed by atoms with Gasteiger partial charge in [-0.05, 0) is 30.7 Å². The molecule has 0 heterocycles. The third-order valence-corrected chi connectivity index (χ3v) is 2.01. The molecule has 0 aromatic heterocycles. The van der Waals surface area contributed by atoms with Crippen LogP contribution in [-0.4, -0.2) is 0 Å². The first-order valence-electron chi connectivity index (χ1n) is 4.61. The van der Waals surface area contributed by atoms with Crippen molar-refractivity contribution in [3.8, 4) is 11.5 Å². The van der Waals surface area contributed by atoms with Crippen LogP contribution in [-0.2, 0) is 0 Å². The lowest BCUT2D eigenvalue weighted by Gasteiger charge is -2.07. The van der Waals surface area contributed by atoms with Crippen LogP contribution < -0.4 is 4.74 Å². The van der Waals surface area contributed by atoms with Crippen molar-refractivity contribution in [3.63, 3.8) is 0 Å². The molecule has 0 saturated carbocycles. The summed E-state index contributed by atoms with van der Waals surface area (Å²) in [7, 11) is 0. The number of para-hydroxylation sites is 1. The molecule has 0 saturated heterocycles. The molecule has 2 aromatic rings. The maximum atomic E-state index is 13.5. The fourth-order valence-electron chi connectivity index (χ4n) is 1.25. The van der Waals surface area contributed by atoms with Crippen LogP contribution in [0.1, 0.15) is 5.56 Å². The maximum Gasteiger partial charge on any atom is 0.168 e. The third kappa shape index (κ3) is 2.15. The van der Waals surface area contributed by atoms with Crippen LogP contribution >= 0.6 is 0 Å². The standard InChI is InChI=1S/C13H10FO/c1-10-6-5-9-12(13(10)14)15-11-7-3-2-4-8-11/h2-9H,1H2. The quantitative estimate of drug-likeness (QED) is 0.718. The van der Waals surface area contributed by atoms with E-state index in [2.05, 4.69) is 6.92 Å². The predicted molar refractivity (Wildman–Crippen MR) is 57.4 cm³/mol. The highest BCUT2D eigenvalue weighted by atomic mass is 19.1. The number of rotatable bonds is 2. The summed E-state index contributed by atoms with van der Waals surface area (Å²) >= 11 is 0. The molecule has 0 fully saturated rings. The van der Waals surface area contributed by atoms with E-state index < -0.39 is 5.82 Å². The van der Waals surface area contributed by atoms with Crippen LogP contribution in [0.4, 0.5) is 4.39 Å². The first kappa shape index (κ1) is 9.71. The maximum absolute atomic E-state index is 13.5. The monoisotopic (exact) mass is 201 g/mol. The Morgan fingerprint density at radius 2 is 1.67 bits per heavy atom. The van der Waals surface area contributed by atoms with Gasteiger partial charge >= 0.3 is 0 Å². The van der Waals surface area contributed by atoms with E-state index in [1.54, 1.807) is 30.3 Å². The molecule has 15 heavy (non-hydrogen) atoms. The van der Waals surface area contributed by atoms with Crippen LogP contribution in [0, 0.1) is 12.7 Å². The van der Waals surface area contributed by atoms with Crippen molar-refractivity contribution in [3.05, 3.63) is 66.8 Å². The fraction of sp³-hybridized carbons (Fsp3) is 0. The lowest BCUT2D eigenvalue weighted by atomic mass is 10.2. The summed E-state index contributed by atoms with van der Waals surface area (Å²) in [5, 5.41) is 0. The smallest absolute Gasteiger partial charge is 0.168 e. The summed E-state index contributed by atoms with van der Waals surface area (Å²) in [6, 6.07) is 14.0. The van der Waals surface area contributed by atoms with E-state index in [1.807, 2.05) is 18.2 Å². The molecule has 0 aliphatic heterocycles. The molecule has 0 amide bonds. The topological polar surface area (TPSA) is 9.23 Å². The lowest BCUT2D eigenvalue weighted by Crippen LogP contribution is -1.90. The van der Waals surface area contributed by atoms with E-state index >= 15 is 0 Å². The second-order valence-electron chi connectivity index (χ2n) is 3.14. The Balaban J connectivity index is 2.29. The van der Waals surface area contributed by atoms with Gasteiger partial charge in [0.1, 0.15) is 5.75 Å². The van der Waals surface area contributed by atoms with Gasteiger partial charge in [-0.2, -0.15) is 0 Å². The van der Waals surface area contributed by atoms with Gasteiger partial charge in [0.25, 0.3) is 0 Å². The Kier molecular flexibility index (Phi) is 2.68. The van der Waals surface area contributed by atoms with Gasteiger partial charge in [-0.15, -0.1) is 0 Å². The van der Waals surface area contributed by atoms with Crippen LogP contribution in [0.25, 0.3) is 0 Å². The van der Waals surface area contributed by atoms with Crippen molar-refractivity contribution in [1.82, 2.24) is 0 Å². The molecule has 0 N–H and O–H groups in total. The highest BCUT2D eigenvalue weighted by Crippen LogP contribution is 2.25. The predicted octanol–water partition coefficient (Wildman–Crippen LogP) is 3.80. The summed E-state index contributed by atoms with van der Waals surface area (Å²) in [6.07, 6.45) is 0. The second-order valence-corrected chi connectivity index (χ2v) is 3.14. The minimum atomic E-state index is -0.415. The van der Waals surface area contributed by atoms with Gasteiger partial charge < -0.3 is 4.74 Å². The summed E-state index contributed by atoms with van der Waals surface area (Å²) in [5.74, 6) is 0.400. The Hall–Kier alpha value is -1.83. The van der Waals surface area contributed by atoms with Crippen LogP contribution in [0.3, 0.4) is 0 Å². The van der Waals surface area contributed by atoms with Crippen molar-refractivity contribution in [2.45, 2.75) is 0 Å². The highest BCUT2D eigenvalue weighted by molar-refractivity contribution is 5.36. The molecular formula is C13H10FO. The van der Waals surface area contributed by atoms with Crippen molar-refractivity contribution < 1.29 is 9.13 Å². The summed E-state index contributed by atoms with van der Waals surface area (Å²) in [4.78, 5) is 0. The van der Waals surface area contributed by atoms with Gasteiger partial charge in [0, 0.05) is 0 Å². The van der Waals surface area contributed by atoms with Gasteiger partial charge in [0.05, 0.1) is 0 Å². The SMILES string of the molecule is [CH2]c1cccc(Oc2ccccc2)c1F. The molecule has 1 radical (unpaired) electrons. The van der Waals surface area contributed by atoms with Gasteiger partial charge in [0.15, 0.2) is 11.6 Å². The zero-order valence-electron chi connectivity index (χ0n) is 8.11. The van der Waals surface area contributed by atoms with E-state index in [-0.39, 0.29) is 5.75 Å². The second kappa shape index (κ2) is 4.13. The largest absolute Gasteiger partial charge is 0.454 e.